The summed E-state index contributed by atoms with van der Waals surface area (Å²) in [6, 6.07) is 3.59. The Hall–Kier alpha value is -1.76. The number of hydrogen-bond donors (Lipinski definition) is 1. The largest absolute Gasteiger partial charge is 0.485 e. The van der Waals surface area contributed by atoms with Gasteiger partial charge in [0.2, 0.25) is 0 Å². The summed E-state index contributed by atoms with van der Waals surface area (Å²) in [5.41, 5.74) is 6.41. The average molecular weight is 175 g/mol. The molecule has 2 N–H and O–H groups in total. The van der Waals surface area contributed by atoms with Crippen LogP contribution in [0.2, 0.25) is 0 Å². The second kappa shape index (κ2) is 2.94. The van der Waals surface area contributed by atoms with Gasteiger partial charge in [-0.15, -0.1) is 0 Å². The van der Waals surface area contributed by atoms with Gasteiger partial charge < -0.3 is 10.5 Å². The summed E-state index contributed by atoms with van der Waals surface area (Å²) in [6.45, 7) is 0. The maximum absolute atomic E-state index is 8.73. The summed E-state index contributed by atoms with van der Waals surface area (Å²) in [4.78, 5) is 3.87. The van der Waals surface area contributed by atoms with Crippen LogP contribution in [0.4, 0.5) is 5.69 Å². The Bertz CT molecular complexity index is 366. The maximum atomic E-state index is 8.73. The summed E-state index contributed by atoms with van der Waals surface area (Å²) in [5, 5.41) is 8.73. The highest BCUT2D eigenvalue weighted by Gasteiger charge is 2.25. The van der Waals surface area contributed by atoms with Gasteiger partial charge in [-0.25, -0.2) is 4.98 Å². The highest BCUT2D eigenvalue weighted by molar-refractivity contribution is 5.57. The predicted molar refractivity (Wildman–Crippen MR) is 47.0 cm³/mol. The second-order valence-electron chi connectivity index (χ2n) is 3.01. The molecule has 0 amide bonds. The van der Waals surface area contributed by atoms with E-state index in [1.807, 2.05) is 6.07 Å². The van der Waals surface area contributed by atoms with Gasteiger partial charge in [-0.2, -0.15) is 5.26 Å². The third-order valence-electron chi connectivity index (χ3n) is 1.85. The van der Waals surface area contributed by atoms with E-state index in [4.69, 9.17) is 15.7 Å². The third-order valence-corrected chi connectivity index (χ3v) is 1.85. The van der Waals surface area contributed by atoms with Crippen LogP contribution in [0.25, 0.3) is 0 Å². The molecule has 0 radical (unpaired) electrons. The van der Waals surface area contributed by atoms with Crippen molar-refractivity contribution in [3.05, 3.63) is 18.0 Å². The molecule has 1 saturated carbocycles. The van der Waals surface area contributed by atoms with Crippen molar-refractivity contribution in [1.29, 1.82) is 5.26 Å². The number of nitrogens with zero attached hydrogens (tertiary/aromatic N) is 2. The van der Waals surface area contributed by atoms with Gasteiger partial charge in [0.1, 0.15) is 6.07 Å². The second-order valence-corrected chi connectivity index (χ2v) is 3.01. The lowest BCUT2D eigenvalue weighted by Crippen LogP contribution is -2.03. The van der Waals surface area contributed by atoms with Gasteiger partial charge in [0.25, 0.3) is 0 Å². The minimum absolute atomic E-state index is 0.235. The molecule has 13 heavy (non-hydrogen) atoms. The van der Waals surface area contributed by atoms with E-state index in [2.05, 4.69) is 4.98 Å². The Morgan fingerprint density at radius 3 is 3.00 bits per heavy atom. The van der Waals surface area contributed by atoms with Crippen molar-refractivity contribution in [2.75, 3.05) is 5.73 Å². The van der Waals surface area contributed by atoms with Gasteiger partial charge in [-0.3, -0.25) is 0 Å². The van der Waals surface area contributed by atoms with Crippen molar-refractivity contribution >= 4 is 5.69 Å². The first-order valence-corrected chi connectivity index (χ1v) is 4.12. The van der Waals surface area contributed by atoms with Crippen LogP contribution in [0.3, 0.4) is 0 Å². The number of aromatic nitrogens is 1. The zero-order valence-corrected chi connectivity index (χ0v) is 7.03. The molecule has 1 aliphatic carbocycles. The molecular formula is C9H9N3O. The Balaban J connectivity index is 2.34. The van der Waals surface area contributed by atoms with Gasteiger partial charge in [0, 0.05) is 6.20 Å². The first kappa shape index (κ1) is 7.87. The molecule has 1 fully saturated rings. The van der Waals surface area contributed by atoms with E-state index in [9.17, 15) is 0 Å². The Morgan fingerprint density at radius 2 is 2.38 bits per heavy atom. The lowest BCUT2D eigenvalue weighted by Gasteiger charge is -2.07. The number of ether oxygens (including phenoxy) is 1. The molecule has 0 spiro atoms. The summed E-state index contributed by atoms with van der Waals surface area (Å²) in [7, 11) is 0. The van der Waals surface area contributed by atoms with Gasteiger partial charge >= 0.3 is 0 Å². The van der Waals surface area contributed by atoms with E-state index >= 15 is 0 Å². The van der Waals surface area contributed by atoms with Crippen LogP contribution < -0.4 is 10.5 Å². The topological polar surface area (TPSA) is 71.9 Å². The molecule has 66 valence electrons. The van der Waals surface area contributed by atoms with Crippen molar-refractivity contribution in [3.63, 3.8) is 0 Å². The number of hydrogen-bond acceptors (Lipinski definition) is 4. The number of rotatable bonds is 2. The maximum Gasteiger partial charge on any atom is 0.184 e. The minimum Gasteiger partial charge on any atom is -0.485 e. The van der Waals surface area contributed by atoms with E-state index in [1.165, 1.54) is 6.20 Å². The quantitative estimate of drug-likeness (QED) is 0.729. The lowest BCUT2D eigenvalue weighted by atomic mass is 10.3. The van der Waals surface area contributed by atoms with E-state index in [1.54, 1.807) is 6.07 Å². The molecule has 1 aliphatic rings. The van der Waals surface area contributed by atoms with Crippen LogP contribution in [-0.4, -0.2) is 11.1 Å². The van der Waals surface area contributed by atoms with Gasteiger partial charge in [0.15, 0.2) is 11.4 Å². The minimum atomic E-state index is 0.235. The fourth-order valence-electron chi connectivity index (χ4n) is 1.02. The predicted octanol–water partition coefficient (Wildman–Crippen LogP) is 1.08. The highest BCUT2D eigenvalue weighted by Crippen LogP contribution is 2.31. The van der Waals surface area contributed by atoms with E-state index in [0.717, 1.165) is 12.8 Å². The van der Waals surface area contributed by atoms with Crippen molar-refractivity contribution in [1.82, 2.24) is 4.98 Å². The van der Waals surface area contributed by atoms with Crippen LogP contribution in [-0.2, 0) is 0 Å². The van der Waals surface area contributed by atoms with Crippen molar-refractivity contribution in [2.45, 2.75) is 18.9 Å². The monoisotopic (exact) mass is 175 g/mol. The van der Waals surface area contributed by atoms with Crippen LogP contribution in [0.5, 0.6) is 5.75 Å². The average Bonchev–Trinajstić information content (AvgIpc) is 2.92. The molecule has 0 aliphatic heterocycles. The Kier molecular flexibility index (Phi) is 1.78. The van der Waals surface area contributed by atoms with Gasteiger partial charge in [0.05, 0.1) is 11.8 Å². The zero-order chi connectivity index (χ0) is 9.26. The molecule has 2 rings (SSSR count). The standard InChI is InChI=1S/C9H9N3O/c10-5-8-9(13-6-1-2-6)7(11)3-4-12-8/h3-4,6H,1-2H2,(H2,11,12). The molecule has 4 heteroatoms. The summed E-state index contributed by atoms with van der Waals surface area (Å²) >= 11 is 0. The SMILES string of the molecule is N#Cc1nccc(N)c1OC1CC1. The Morgan fingerprint density at radius 1 is 1.62 bits per heavy atom. The number of anilines is 1. The highest BCUT2D eigenvalue weighted by atomic mass is 16.5. The molecule has 0 unspecified atom stereocenters. The van der Waals surface area contributed by atoms with Crippen LogP contribution >= 0.6 is 0 Å². The molecule has 1 aromatic rings. The number of nitriles is 1. The molecular weight excluding hydrogens is 166 g/mol. The summed E-state index contributed by atoms with van der Waals surface area (Å²) < 4.78 is 5.47. The molecule has 1 heterocycles. The normalized spacial score (nSPS) is 15.0. The first-order chi connectivity index (χ1) is 6.31. The zero-order valence-electron chi connectivity index (χ0n) is 7.03. The fourth-order valence-corrected chi connectivity index (χ4v) is 1.02. The molecule has 0 aromatic carbocycles. The van der Waals surface area contributed by atoms with E-state index in [-0.39, 0.29) is 11.8 Å². The fraction of sp³-hybridized carbons (Fsp3) is 0.333. The number of nitrogens with two attached hydrogens (primary N) is 1. The van der Waals surface area contributed by atoms with Crippen molar-refractivity contribution < 1.29 is 4.74 Å². The van der Waals surface area contributed by atoms with Gasteiger partial charge in [-0.05, 0) is 18.9 Å². The third kappa shape index (κ3) is 1.54. The number of pyridine rings is 1. The first-order valence-electron chi connectivity index (χ1n) is 4.12. The molecule has 1 aromatic heterocycles. The molecule has 0 atom stereocenters. The van der Waals surface area contributed by atoms with Crippen LogP contribution in [0, 0.1) is 11.3 Å². The lowest BCUT2D eigenvalue weighted by molar-refractivity contribution is 0.302. The van der Waals surface area contributed by atoms with Crippen LogP contribution in [0.15, 0.2) is 12.3 Å². The Labute approximate surface area is 76.0 Å². The number of nitrogen functional groups attached to an aromatic ring is 1. The van der Waals surface area contributed by atoms with Crippen LogP contribution in [0.1, 0.15) is 18.5 Å². The van der Waals surface area contributed by atoms with Gasteiger partial charge in [-0.1, -0.05) is 0 Å². The molecule has 0 bridgehead atoms. The van der Waals surface area contributed by atoms with Crippen molar-refractivity contribution in [3.8, 4) is 11.8 Å². The summed E-state index contributed by atoms with van der Waals surface area (Å²) in [5.74, 6) is 0.438. The molecule has 0 saturated heterocycles. The van der Waals surface area contributed by atoms with Crippen molar-refractivity contribution in [2.24, 2.45) is 0 Å². The van der Waals surface area contributed by atoms with E-state index in [0.29, 0.717) is 11.4 Å². The summed E-state index contributed by atoms with van der Waals surface area (Å²) in [6.07, 6.45) is 3.82. The molecule has 4 nitrogen and oxygen atoms in total. The van der Waals surface area contributed by atoms with E-state index < -0.39 is 0 Å². The smallest absolute Gasteiger partial charge is 0.184 e.